The van der Waals surface area contributed by atoms with Crippen molar-refractivity contribution in [2.75, 3.05) is 21.2 Å². The third-order valence-electron chi connectivity index (χ3n) is 5.05. The Hall–Kier alpha value is -1.10. The van der Waals surface area contributed by atoms with Crippen molar-refractivity contribution in [3.8, 4) is 0 Å². The molecule has 3 atom stereocenters. The number of nitrogens with zero attached hydrogens (tertiary/aromatic N) is 2. The van der Waals surface area contributed by atoms with Gasteiger partial charge in [-0.05, 0) is 33.7 Å². The lowest BCUT2D eigenvalue weighted by molar-refractivity contribution is -0.147. The molecule has 3 unspecified atom stereocenters. The highest BCUT2D eigenvalue weighted by molar-refractivity contribution is 5.87. The van der Waals surface area contributed by atoms with Crippen molar-refractivity contribution in [1.82, 2.24) is 9.80 Å². The molecule has 0 aliphatic carbocycles. The number of hydrogen-bond donors (Lipinski definition) is 0. The number of carbonyl (C=O) groups is 2. The molecule has 0 spiro atoms. The summed E-state index contributed by atoms with van der Waals surface area (Å²) in [5.41, 5.74) is -0.168. The summed E-state index contributed by atoms with van der Waals surface area (Å²) in [5.74, 6) is -0.0662. The minimum Gasteiger partial charge on any atom is -0.469 e. The van der Waals surface area contributed by atoms with Crippen LogP contribution < -0.4 is 0 Å². The van der Waals surface area contributed by atoms with Crippen LogP contribution in [-0.4, -0.2) is 60.5 Å². The molecule has 1 aliphatic heterocycles. The van der Waals surface area contributed by atoms with Crippen LogP contribution >= 0.6 is 0 Å². The van der Waals surface area contributed by atoms with Gasteiger partial charge in [-0.3, -0.25) is 14.5 Å². The first-order valence-corrected chi connectivity index (χ1v) is 6.71. The van der Waals surface area contributed by atoms with Crippen LogP contribution in [0.15, 0.2) is 0 Å². The molecule has 0 aromatic carbocycles. The maximum Gasteiger partial charge on any atom is 0.307 e. The lowest BCUT2D eigenvalue weighted by Crippen LogP contribution is -2.53. The van der Waals surface area contributed by atoms with Gasteiger partial charge in [0.05, 0.1) is 13.5 Å². The molecule has 0 bridgehead atoms. The van der Waals surface area contributed by atoms with Crippen LogP contribution in [0, 0.1) is 5.92 Å². The molecule has 110 valence electrons. The van der Waals surface area contributed by atoms with E-state index in [1.807, 2.05) is 19.0 Å². The molecular weight excluding hydrogens is 244 g/mol. The van der Waals surface area contributed by atoms with Crippen LogP contribution in [0.5, 0.6) is 0 Å². The molecule has 5 nitrogen and oxygen atoms in total. The number of hydrogen-bond acceptors (Lipinski definition) is 4. The Morgan fingerprint density at radius 1 is 1.32 bits per heavy atom. The van der Waals surface area contributed by atoms with Crippen LogP contribution in [0.3, 0.4) is 0 Å². The molecule has 0 radical (unpaired) electrons. The Kier molecular flexibility index (Phi) is 4.61. The number of ether oxygens (including phenoxy) is 1. The monoisotopic (exact) mass is 270 g/mol. The van der Waals surface area contributed by atoms with Crippen molar-refractivity contribution < 1.29 is 14.3 Å². The summed E-state index contributed by atoms with van der Waals surface area (Å²) in [4.78, 5) is 27.8. The number of methoxy groups -OCH3 is 1. The van der Waals surface area contributed by atoms with Gasteiger partial charge in [0.15, 0.2) is 0 Å². The molecule has 5 heteroatoms. The van der Waals surface area contributed by atoms with Gasteiger partial charge in [0.1, 0.15) is 6.04 Å². The summed E-state index contributed by atoms with van der Waals surface area (Å²) in [6, 6.07) is -0.326. The lowest BCUT2D eigenvalue weighted by atomic mass is 9.82. The van der Waals surface area contributed by atoms with Crippen molar-refractivity contribution in [2.24, 2.45) is 5.92 Å². The fraction of sp³-hybridized carbons (Fsp3) is 0.857. The summed E-state index contributed by atoms with van der Waals surface area (Å²) in [5, 5.41) is 0. The van der Waals surface area contributed by atoms with Gasteiger partial charge in [-0.2, -0.15) is 0 Å². The Labute approximate surface area is 115 Å². The molecule has 1 heterocycles. The average Bonchev–Trinajstić information content (AvgIpc) is 2.42. The molecule has 1 fully saturated rings. The highest BCUT2D eigenvalue weighted by atomic mass is 16.5. The first-order valence-electron chi connectivity index (χ1n) is 6.71. The molecule has 1 rings (SSSR count). The number of likely N-dealkylation sites (N-methyl/N-ethyl adjacent to an activating group) is 2. The first kappa shape index (κ1) is 16.0. The standard InChI is InChI=1S/C14H26N2O3/c1-9-10(2)15(5)13(18)11(8-12(17)19-7)16(6)14(9,3)4/h9-11H,8H2,1-7H3. The zero-order valence-electron chi connectivity index (χ0n) is 13.1. The maximum atomic E-state index is 12.5. The van der Waals surface area contributed by atoms with Crippen molar-refractivity contribution in [1.29, 1.82) is 0 Å². The van der Waals surface area contributed by atoms with Gasteiger partial charge < -0.3 is 9.64 Å². The second-order valence-electron chi connectivity index (χ2n) is 6.04. The Morgan fingerprint density at radius 2 is 1.84 bits per heavy atom. The van der Waals surface area contributed by atoms with Crippen LogP contribution in [0.4, 0.5) is 0 Å². The Morgan fingerprint density at radius 3 is 2.32 bits per heavy atom. The van der Waals surface area contributed by atoms with Crippen molar-refractivity contribution in [3.05, 3.63) is 0 Å². The maximum absolute atomic E-state index is 12.5. The topological polar surface area (TPSA) is 49.9 Å². The van der Waals surface area contributed by atoms with Crippen LogP contribution in [0.25, 0.3) is 0 Å². The Bertz CT molecular complexity index is 368. The third kappa shape index (κ3) is 2.76. The molecule has 1 saturated heterocycles. The van der Waals surface area contributed by atoms with Gasteiger partial charge in [0.2, 0.25) is 5.91 Å². The van der Waals surface area contributed by atoms with E-state index in [2.05, 4.69) is 27.7 Å². The Balaban J connectivity index is 3.14. The van der Waals surface area contributed by atoms with E-state index < -0.39 is 6.04 Å². The van der Waals surface area contributed by atoms with Crippen LogP contribution in [0.1, 0.15) is 34.1 Å². The van der Waals surface area contributed by atoms with E-state index >= 15 is 0 Å². The molecule has 0 aromatic heterocycles. The van der Waals surface area contributed by atoms with Gasteiger partial charge in [-0.1, -0.05) is 6.92 Å². The number of esters is 1. The van der Waals surface area contributed by atoms with Crippen molar-refractivity contribution in [2.45, 2.75) is 51.7 Å². The summed E-state index contributed by atoms with van der Waals surface area (Å²) >= 11 is 0. The number of rotatable bonds is 2. The highest BCUT2D eigenvalue weighted by Crippen LogP contribution is 2.34. The van der Waals surface area contributed by atoms with E-state index in [0.717, 1.165) is 0 Å². The molecule has 1 amide bonds. The molecule has 0 N–H and O–H groups in total. The van der Waals surface area contributed by atoms with E-state index in [1.165, 1.54) is 7.11 Å². The zero-order chi connectivity index (χ0) is 15.0. The summed E-state index contributed by atoms with van der Waals surface area (Å²) in [6.07, 6.45) is 0.0963. The van der Waals surface area contributed by atoms with Gasteiger partial charge in [-0.15, -0.1) is 0 Å². The summed E-state index contributed by atoms with van der Waals surface area (Å²) in [7, 11) is 5.07. The van der Waals surface area contributed by atoms with E-state index in [-0.39, 0.29) is 29.9 Å². The minimum absolute atomic E-state index is 0.0159. The molecule has 19 heavy (non-hydrogen) atoms. The normalized spacial score (nSPS) is 32.1. The molecule has 0 aromatic rings. The summed E-state index contributed by atoms with van der Waals surface area (Å²) in [6.45, 7) is 8.43. The summed E-state index contributed by atoms with van der Waals surface area (Å²) < 4.78 is 4.71. The van der Waals surface area contributed by atoms with Gasteiger partial charge >= 0.3 is 5.97 Å². The SMILES string of the molecule is COC(=O)CC1C(=O)N(C)C(C)C(C)C(C)(C)N1C. The number of amides is 1. The van der Waals surface area contributed by atoms with E-state index in [9.17, 15) is 9.59 Å². The quantitative estimate of drug-likeness (QED) is 0.706. The third-order valence-corrected chi connectivity index (χ3v) is 5.05. The van der Waals surface area contributed by atoms with Crippen LogP contribution in [-0.2, 0) is 14.3 Å². The van der Waals surface area contributed by atoms with Gasteiger partial charge in [-0.25, -0.2) is 0 Å². The zero-order valence-corrected chi connectivity index (χ0v) is 13.1. The molecule has 0 saturated carbocycles. The predicted octanol–water partition coefficient (Wildman–Crippen LogP) is 1.13. The van der Waals surface area contributed by atoms with Gasteiger partial charge in [0, 0.05) is 18.6 Å². The largest absolute Gasteiger partial charge is 0.469 e. The second kappa shape index (κ2) is 5.49. The average molecular weight is 270 g/mol. The van der Waals surface area contributed by atoms with E-state index in [1.54, 1.807) is 4.90 Å². The fourth-order valence-electron chi connectivity index (χ4n) is 2.72. The van der Waals surface area contributed by atoms with Gasteiger partial charge in [0.25, 0.3) is 0 Å². The predicted molar refractivity (Wildman–Crippen MR) is 73.7 cm³/mol. The lowest BCUT2D eigenvalue weighted by Gasteiger charge is -2.42. The molecular formula is C14H26N2O3. The second-order valence-corrected chi connectivity index (χ2v) is 6.04. The fourth-order valence-corrected chi connectivity index (χ4v) is 2.72. The smallest absolute Gasteiger partial charge is 0.307 e. The van der Waals surface area contributed by atoms with E-state index in [4.69, 9.17) is 4.74 Å². The molecule has 1 aliphatic rings. The number of carbonyl (C=O) groups excluding carboxylic acids is 2. The first-order chi connectivity index (χ1) is 8.64. The van der Waals surface area contributed by atoms with Crippen molar-refractivity contribution >= 4 is 11.9 Å². The van der Waals surface area contributed by atoms with E-state index in [0.29, 0.717) is 5.92 Å². The highest BCUT2D eigenvalue weighted by Gasteiger charge is 2.46. The van der Waals surface area contributed by atoms with Crippen molar-refractivity contribution in [3.63, 3.8) is 0 Å². The van der Waals surface area contributed by atoms with Crippen LogP contribution in [0.2, 0.25) is 0 Å². The minimum atomic E-state index is -0.458.